The Bertz CT molecular complexity index is 342. The minimum atomic E-state index is -0.430. The van der Waals surface area contributed by atoms with Gasteiger partial charge in [0, 0.05) is 30.3 Å². The van der Waals surface area contributed by atoms with Crippen LogP contribution in [0.2, 0.25) is 0 Å². The number of ether oxygens (including phenoxy) is 2. The highest BCUT2D eigenvalue weighted by Crippen LogP contribution is 2.49. The van der Waals surface area contributed by atoms with E-state index in [4.69, 9.17) is 9.47 Å². The Morgan fingerprint density at radius 2 is 1.42 bits per heavy atom. The van der Waals surface area contributed by atoms with Crippen molar-refractivity contribution in [2.75, 3.05) is 7.05 Å². The molecule has 112 valence electrons. The fraction of sp³-hybridized carbons (Fsp3) is 1.00. The first-order chi connectivity index (χ1) is 8.38. The molecule has 1 spiro atoms. The van der Waals surface area contributed by atoms with E-state index < -0.39 is 5.79 Å². The summed E-state index contributed by atoms with van der Waals surface area (Å²) in [7, 11) is 2.21. The summed E-state index contributed by atoms with van der Waals surface area (Å²) >= 11 is 0. The van der Waals surface area contributed by atoms with Crippen LogP contribution >= 0.6 is 0 Å². The molecule has 0 bridgehead atoms. The molecule has 2 aliphatic heterocycles. The molecule has 1 unspecified atom stereocenters. The van der Waals surface area contributed by atoms with Crippen LogP contribution in [0.3, 0.4) is 0 Å². The molecule has 0 aromatic carbocycles. The van der Waals surface area contributed by atoms with Crippen LogP contribution in [0.25, 0.3) is 0 Å². The number of hydrogen-bond acceptors (Lipinski definition) is 3. The molecule has 2 rings (SSSR count). The molecule has 2 saturated heterocycles. The topological polar surface area (TPSA) is 21.7 Å². The Balaban J connectivity index is 2.34. The normalized spacial score (nSPS) is 36.3. The largest absolute Gasteiger partial charge is 0.347 e. The highest BCUT2D eigenvalue weighted by Gasteiger charge is 2.56. The second kappa shape index (κ2) is 4.19. The smallest absolute Gasteiger partial charge is 0.172 e. The number of hydrogen-bond donors (Lipinski definition) is 0. The summed E-state index contributed by atoms with van der Waals surface area (Å²) < 4.78 is 12.8. The van der Waals surface area contributed by atoms with Gasteiger partial charge in [0.1, 0.15) is 0 Å². The number of likely N-dealkylation sites (tertiary alicyclic amines) is 1. The molecule has 0 saturated carbocycles. The Labute approximate surface area is 118 Å². The summed E-state index contributed by atoms with van der Waals surface area (Å²) in [4.78, 5) is 2.46. The predicted octanol–water partition coefficient (Wildman–Crippen LogP) is 3.57. The lowest BCUT2D eigenvalue weighted by Crippen LogP contribution is -2.68. The van der Waals surface area contributed by atoms with Crippen molar-refractivity contribution in [3.8, 4) is 0 Å². The first kappa shape index (κ1) is 15.3. The van der Waals surface area contributed by atoms with Gasteiger partial charge in [0.05, 0.1) is 11.7 Å². The van der Waals surface area contributed by atoms with Crippen LogP contribution in [0.4, 0.5) is 0 Å². The summed E-state index contributed by atoms with van der Waals surface area (Å²) in [6.45, 7) is 15.7. The van der Waals surface area contributed by atoms with Crippen molar-refractivity contribution in [3.05, 3.63) is 0 Å². The van der Waals surface area contributed by atoms with Gasteiger partial charge in [-0.1, -0.05) is 0 Å². The minimum Gasteiger partial charge on any atom is -0.347 e. The van der Waals surface area contributed by atoms with Gasteiger partial charge in [-0.25, -0.2) is 0 Å². The second-order valence-corrected chi connectivity index (χ2v) is 8.44. The van der Waals surface area contributed by atoms with Crippen LogP contribution in [0, 0.1) is 0 Å². The van der Waals surface area contributed by atoms with Crippen molar-refractivity contribution < 1.29 is 9.47 Å². The predicted molar refractivity (Wildman–Crippen MR) is 78.2 cm³/mol. The van der Waals surface area contributed by atoms with E-state index in [1.807, 2.05) is 0 Å². The monoisotopic (exact) mass is 269 g/mol. The Hall–Kier alpha value is -0.120. The van der Waals surface area contributed by atoms with E-state index in [-0.39, 0.29) is 22.8 Å². The zero-order valence-corrected chi connectivity index (χ0v) is 14.0. The minimum absolute atomic E-state index is 0.0783. The summed E-state index contributed by atoms with van der Waals surface area (Å²) in [6.07, 6.45) is 3.08. The van der Waals surface area contributed by atoms with Gasteiger partial charge in [-0.2, -0.15) is 0 Å². The van der Waals surface area contributed by atoms with Crippen molar-refractivity contribution in [3.63, 3.8) is 0 Å². The van der Waals surface area contributed by atoms with Crippen molar-refractivity contribution >= 4 is 0 Å². The Kier molecular flexibility index (Phi) is 3.37. The zero-order valence-electron chi connectivity index (χ0n) is 14.0. The SMILES string of the molecule is CC1CC(C)(C)OC2(CC(C)(C)N(C)C(C)(C)C2)O1. The van der Waals surface area contributed by atoms with Gasteiger partial charge < -0.3 is 9.47 Å². The third-order valence-electron chi connectivity index (χ3n) is 4.88. The number of rotatable bonds is 0. The maximum absolute atomic E-state index is 6.44. The van der Waals surface area contributed by atoms with Gasteiger partial charge in [0.25, 0.3) is 0 Å². The Morgan fingerprint density at radius 3 is 1.84 bits per heavy atom. The van der Waals surface area contributed by atoms with E-state index >= 15 is 0 Å². The van der Waals surface area contributed by atoms with Gasteiger partial charge in [-0.15, -0.1) is 0 Å². The highest BCUT2D eigenvalue weighted by molar-refractivity contribution is 5.04. The van der Waals surface area contributed by atoms with E-state index in [0.717, 1.165) is 19.3 Å². The van der Waals surface area contributed by atoms with E-state index in [2.05, 4.69) is 60.4 Å². The fourth-order valence-corrected chi connectivity index (χ4v) is 4.26. The van der Waals surface area contributed by atoms with Crippen LogP contribution < -0.4 is 0 Å². The molecule has 3 nitrogen and oxygen atoms in total. The van der Waals surface area contributed by atoms with Crippen LogP contribution in [-0.4, -0.2) is 40.5 Å². The Morgan fingerprint density at radius 1 is 0.947 bits per heavy atom. The summed E-state index contributed by atoms with van der Waals surface area (Å²) in [5, 5.41) is 0. The molecule has 0 aliphatic carbocycles. The van der Waals surface area contributed by atoms with E-state index in [0.29, 0.717) is 0 Å². The van der Waals surface area contributed by atoms with Gasteiger partial charge in [-0.05, 0) is 55.5 Å². The van der Waals surface area contributed by atoms with Crippen LogP contribution in [0.1, 0.15) is 67.7 Å². The molecule has 1 atom stereocenters. The molecule has 0 N–H and O–H groups in total. The average molecular weight is 269 g/mol. The van der Waals surface area contributed by atoms with E-state index in [1.54, 1.807) is 0 Å². The molecule has 0 aromatic heterocycles. The third kappa shape index (κ3) is 2.84. The fourth-order valence-electron chi connectivity index (χ4n) is 4.26. The average Bonchev–Trinajstić information content (AvgIpc) is 2.07. The lowest BCUT2D eigenvalue weighted by molar-refractivity contribution is -0.371. The first-order valence-corrected chi connectivity index (χ1v) is 7.50. The lowest BCUT2D eigenvalue weighted by Gasteiger charge is -2.61. The molecule has 2 heterocycles. The van der Waals surface area contributed by atoms with E-state index in [9.17, 15) is 0 Å². The summed E-state index contributed by atoms with van der Waals surface area (Å²) in [5.74, 6) is -0.430. The summed E-state index contributed by atoms with van der Waals surface area (Å²) in [5.41, 5.74) is 0.0590. The molecule has 19 heavy (non-hydrogen) atoms. The molecule has 2 aliphatic rings. The van der Waals surface area contributed by atoms with Crippen LogP contribution in [-0.2, 0) is 9.47 Å². The molecular formula is C16H31NO2. The van der Waals surface area contributed by atoms with Crippen molar-refractivity contribution in [2.45, 2.75) is 96.3 Å². The first-order valence-electron chi connectivity index (χ1n) is 7.50. The van der Waals surface area contributed by atoms with Crippen LogP contribution in [0.15, 0.2) is 0 Å². The molecule has 0 aromatic rings. The number of piperidine rings is 1. The van der Waals surface area contributed by atoms with Crippen molar-refractivity contribution in [2.24, 2.45) is 0 Å². The van der Waals surface area contributed by atoms with Gasteiger partial charge in [0.15, 0.2) is 5.79 Å². The maximum atomic E-state index is 6.44. The third-order valence-corrected chi connectivity index (χ3v) is 4.88. The maximum Gasteiger partial charge on any atom is 0.172 e. The molecule has 0 amide bonds. The molecular weight excluding hydrogens is 238 g/mol. The molecule has 2 fully saturated rings. The molecule has 3 heteroatoms. The second-order valence-electron chi connectivity index (χ2n) is 8.44. The standard InChI is InChI=1S/C16H31NO2/c1-12-9-15(6,7)19-16(18-12)10-13(2,3)17(8)14(4,5)11-16/h12H,9-11H2,1-8H3. The lowest BCUT2D eigenvalue weighted by atomic mass is 9.75. The van der Waals surface area contributed by atoms with Crippen LogP contribution in [0.5, 0.6) is 0 Å². The van der Waals surface area contributed by atoms with Gasteiger partial charge in [-0.3, -0.25) is 4.90 Å². The quantitative estimate of drug-likeness (QED) is 0.671. The zero-order chi connectivity index (χ0) is 14.7. The highest BCUT2D eigenvalue weighted by atomic mass is 16.7. The number of nitrogens with zero attached hydrogens (tertiary/aromatic N) is 1. The van der Waals surface area contributed by atoms with Crippen molar-refractivity contribution in [1.29, 1.82) is 0 Å². The van der Waals surface area contributed by atoms with E-state index in [1.165, 1.54) is 0 Å². The van der Waals surface area contributed by atoms with Crippen molar-refractivity contribution in [1.82, 2.24) is 4.90 Å². The molecule has 0 radical (unpaired) electrons. The van der Waals surface area contributed by atoms with Gasteiger partial charge >= 0.3 is 0 Å². The summed E-state index contributed by atoms with van der Waals surface area (Å²) in [6, 6.07) is 0. The van der Waals surface area contributed by atoms with Gasteiger partial charge in [0.2, 0.25) is 0 Å².